The molecule has 29 heavy (non-hydrogen) atoms. The summed E-state index contributed by atoms with van der Waals surface area (Å²) >= 11 is 0. The molecule has 0 amide bonds. The van der Waals surface area contributed by atoms with E-state index in [2.05, 4.69) is 17.1 Å². The molecule has 0 unspecified atom stereocenters. The van der Waals surface area contributed by atoms with Crippen LogP contribution in [-0.2, 0) is 20.0 Å². The maximum Gasteiger partial charge on any atom is 0.243 e. The number of primary sulfonamides is 1. The number of piperazine rings is 1. The second-order valence-corrected chi connectivity index (χ2v) is 10.0. The van der Waals surface area contributed by atoms with Gasteiger partial charge in [-0.25, -0.2) is 22.0 Å². The Morgan fingerprint density at radius 2 is 1.38 bits per heavy atom. The number of benzene rings is 2. The number of sulfonamides is 2. The summed E-state index contributed by atoms with van der Waals surface area (Å²) < 4.78 is 49.6. The van der Waals surface area contributed by atoms with E-state index in [1.54, 1.807) is 0 Å². The van der Waals surface area contributed by atoms with Crippen LogP contribution in [0.1, 0.15) is 5.56 Å². The number of nitrogens with zero attached hydrogens (tertiary/aromatic N) is 2. The van der Waals surface area contributed by atoms with Crippen LogP contribution in [0.4, 0.5) is 0 Å². The molecule has 0 spiro atoms. The van der Waals surface area contributed by atoms with Gasteiger partial charge >= 0.3 is 0 Å². The molecule has 1 heterocycles. The molecule has 2 aromatic rings. The Balaban J connectivity index is 0.00000300. The van der Waals surface area contributed by atoms with Crippen molar-refractivity contribution in [2.24, 2.45) is 5.14 Å². The van der Waals surface area contributed by atoms with Crippen molar-refractivity contribution in [1.82, 2.24) is 9.21 Å². The first kappa shape index (κ1) is 23.5. The van der Waals surface area contributed by atoms with Crippen molar-refractivity contribution >= 4 is 38.5 Å². The van der Waals surface area contributed by atoms with E-state index in [4.69, 9.17) is 5.14 Å². The van der Waals surface area contributed by atoms with Gasteiger partial charge in [0, 0.05) is 32.7 Å². The topological polar surface area (TPSA) is 101 Å². The van der Waals surface area contributed by atoms with Gasteiger partial charge in [-0.1, -0.05) is 42.5 Å². The van der Waals surface area contributed by atoms with Crippen LogP contribution in [0.15, 0.2) is 70.5 Å². The first-order valence-electron chi connectivity index (χ1n) is 8.84. The number of halogens is 1. The van der Waals surface area contributed by atoms with Crippen LogP contribution in [0.5, 0.6) is 0 Å². The summed E-state index contributed by atoms with van der Waals surface area (Å²) in [5, 5.41) is 5.05. The smallest absolute Gasteiger partial charge is 0.243 e. The summed E-state index contributed by atoms with van der Waals surface area (Å²) in [5.74, 6) is 0. The van der Waals surface area contributed by atoms with Gasteiger partial charge in [0.2, 0.25) is 20.0 Å². The molecule has 3 rings (SSSR count). The summed E-state index contributed by atoms with van der Waals surface area (Å²) in [7, 11) is -7.51. The zero-order chi connectivity index (χ0) is 20.2. The van der Waals surface area contributed by atoms with E-state index in [9.17, 15) is 16.8 Å². The van der Waals surface area contributed by atoms with Crippen LogP contribution in [-0.4, -0.2) is 58.8 Å². The number of nitrogens with two attached hydrogens (primary N) is 1. The third-order valence-corrected chi connectivity index (χ3v) is 7.44. The summed E-state index contributed by atoms with van der Waals surface area (Å²) in [6, 6.07) is 15.0. The quantitative estimate of drug-likeness (QED) is 0.712. The molecule has 0 radical (unpaired) electrons. The van der Waals surface area contributed by atoms with Crippen molar-refractivity contribution in [3.63, 3.8) is 0 Å². The molecule has 2 aromatic carbocycles. The number of hydrogen-bond donors (Lipinski definition) is 1. The Morgan fingerprint density at radius 1 is 0.828 bits per heavy atom. The maximum absolute atomic E-state index is 12.8. The molecule has 1 aliphatic rings. The monoisotopic (exact) mass is 457 g/mol. The van der Waals surface area contributed by atoms with Crippen LogP contribution in [0.25, 0.3) is 6.08 Å². The molecule has 158 valence electrons. The summed E-state index contributed by atoms with van der Waals surface area (Å²) in [4.78, 5) is 2.15. The molecule has 0 saturated carbocycles. The summed E-state index contributed by atoms with van der Waals surface area (Å²) in [5.41, 5.74) is 1.13. The van der Waals surface area contributed by atoms with E-state index in [1.165, 1.54) is 28.6 Å². The fourth-order valence-electron chi connectivity index (χ4n) is 3.00. The van der Waals surface area contributed by atoms with Crippen molar-refractivity contribution in [3.8, 4) is 0 Å². The van der Waals surface area contributed by atoms with Gasteiger partial charge in [-0.2, -0.15) is 4.31 Å². The van der Waals surface area contributed by atoms with Gasteiger partial charge in [-0.05, 0) is 29.8 Å². The molecule has 10 heteroatoms. The van der Waals surface area contributed by atoms with E-state index in [0.717, 1.165) is 12.1 Å². The van der Waals surface area contributed by atoms with E-state index < -0.39 is 20.0 Å². The lowest BCUT2D eigenvalue weighted by Crippen LogP contribution is -2.48. The second-order valence-electron chi connectivity index (χ2n) is 6.53. The molecule has 1 aliphatic heterocycles. The van der Waals surface area contributed by atoms with Crippen LogP contribution < -0.4 is 5.14 Å². The minimum atomic E-state index is -3.85. The molecular formula is C19H24ClN3O4S2. The van der Waals surface area contributed by atoms with Crippen LogP contribution >= 0.6 is 12.4 Å². The SMILES string of the molecule is Cl.NS(=O)(=O)c1ccc(S(=O)(=O)N2CCN(C/C=C/c3ccccc3)CC2)cc1. The minimum Gasteiger partial charge on any atom is -0.297 e. The molecule has 0 aromatic heterocycles. The molecular weight excluding hydrogens is 434 g/mol. The molecule has 1 fully saturated rings. The molecule has 0 atom stereocenters. The van der Waals surface area contributed by atoms with Gasteiger partial charge in [0.15, 0.2) is 0 Å². The molecule has 0 bridgehead atoms. The van der Waals surface area contributed by atoms with Crippen LogP contribution in [0, 0.1) is 0 Å². The third kappa shape index (κ3) is 6.11. The predicted octanol–water partition coefficient (Wildman–Crippen LogP) is 1.78. The Hall–Kier alpha value is -1.75. The van der Waals surface area contributed by atoms with E-state index in [-0.39, 0.29) is 22.2 Å². The van der Waals surface area contributed by atoms with Crippen LogP contribution in [0.3, 0.4) is 0 Å². The molecule has 1 saturated heterocycles. The second kappa shape index (κ2) is 9.84. The maximum atomic E-state index is 12.8. The van der Waals surface area contributed by atoms with Crippen LogP contribution in [0.2, 0.25) is 0 Å². The van der Waals surface area contributed by atoms with Crippen molar-refractivity contribution < 1.29 is 16.8 Å². The highest BCUT2D eigenvalue weighted by Gasteiger charge is 2.28. The first-order valence-corrected chi connectivity index (χ1v) is 11.8. The summed E-state index contributed by atoms with van der Waals surface area (Å²) in [6.07, 6.45) is 4.13. The van der Waals surface area contributed by atoms with E-state index in [0.29, 0.717) is 26.2 Å². The predicted molar refractivity (Wildman–Crippen MR) is 116 cm³/mol. The van der Waals surface area contributed by atoms with Gasteiger partial charge in [-0.3, -0.25) is 4.90 Å². The van der Waals surface area contributed by atoms with Gasteiger partial charge in [0.05, 0.1) is 9.79 Å². The average molecular weight is 458 g/mol. The lowest BCUT2D eigenvalue weighted by atomic mass is 10.2. The lowest BCUT2D eigenvalue weighted by Gasteiger charge is -2.33. The summed E-state index contributed by atoms with van der Waals surface area (Å²) in [6.45, 7) is 2.80. The van der Waals surface area contributed by atoms with Crippen molar-refractivity contribution in [2.75, 3.05) is 32.7 Å². The zero-order valence-electron chi connectivity index (χ0n) is 15.7. The highest BCUT2D eigenvalue weighted by Crippen LogP contribution is 2.19. The number of hydrogen-bond acceptors (Lipinski definition) is 5. The lowest BCUT2D eigenvalue weighted by molar-refractivity contribution is 0.204. The normalized spacial score (nSPS) is 16.6. The van der Waals surface area contributed by atoms with Gasteiger partial charge in [-0.15, -0.1) is 12.4 Å². The molecule has 2 N–H and O–H groups in total. The Bertz CT molecular complexity index is 1030. The zero-order valence-corrected chi connectivity index (χ0v) is 18.2. The van der Waals surface area contributed by atoms with Gasteiger partial charge in [0.1, 0.15) is 0 Å². The molecule has 0 aliphatic carbocycles. The van der Waals surface area contributed by atoms with E-state index in [1.807, 2.05) is 30.3 Å². The van der Waals surface area contributed by atoms with Crippen molar-refractivity contribution in [2.45, 2.75) is 9.79 Å². The average Bonchev–Trinajstić information content (AvgIpc) is 2.69. The first-order chi connectivity index (χ1) is 13.3. The van der Waals surface area contributed by atoms with Gasteiger partial charge < -0.3 is 0 Å². The number of rotatable bonds is 6. The Morgan fingerprint density at radius 3 is 1.93 bits per heavy atom. The minimum absolute atomic E-state index is 0. The van der Waals surface area contributed by atoms with Crippen molar-refractivity contribution in [3.05, 3.63) is 66.2 Å². The standard InChI is InChI=1S/C19H23N3O4S2.ClH/c20-27(23,24)18-8-10-19(11-9-18)28(25,26)22-15-13-21(14-16-22)12-4-7-17-5-2-1-3-6-17;/h1-11H,12-16H2,(H2,20,23,24);1H/b7-4+;. The van der Waals surface area contributed by atoms with Crippen molar-refractivity contribution in [1.29, 1.82) is 0 Å². The third-order valence-electron chi connectivity index (χ3n) is 4.59. The van der Waals surface area contributed by atoms with E-state index >= 15 is 0 Å². The molecule has 7 nitrogen and oxygen atoms in total. The fraction of sp³-hybridized carbons (Fsp3) is 0.263. The largest absolute Gasteiger partial charge is 0.297 e. The Labute approximate surface area is 178 Å². The van der Waals surface area contributed by atoms with Gasteiger partial charge in [0.25, 0.3) is 0 Å². The highest BCUT2D eigenvalue weighted by atomic mass is 35.5. The fourth-order valence-corrected chi connectivity index (χ4v) is 4.94. The highest BCUT2D eigenvalue weighted by molar-refractivity contribution is 7.89. The Kier molecular flexibility index (Phi) is 7.98.